The Hall–Kier alpha value is -1.57. The van der Waals surface area contributed by atoms with Crippen molar-refractivity contribution in [1.82, 2.24) is 0 Å². The maximum atomic E-state index is 13.0. The van der Waals surface area contributed by atoms with Gasteiger partial charge in [-0.15, -0.1) is 0 Å². The van der Waals surface area contributed by atoms with Crippen LogP contribution in [0.25, 0.3) is 0 Å². The van der Waals surface area contributed by atoms with Crippen molar-refractivity contribution in [3.8, 4) is 17.6 Å². The molecule has 3 nitrogen and oxygen atoms in total. The molecule has 0 saturated heterocycles. The van der Waals surface area contributed by atoms with Crippen LogP contribution in [0, 0.1) is 17.7 Å². The molecule has 0 bridgehead atoms. The molecule has 0 aliphatic carbocycles. The Morgan fingerprint density at radius 2 is 2.25 bits per heavy atom. The minimum atomic E-state index is -0.390. The zero-order valence-electron chi connectivity index (χ0n) is 9.00. The van der Waals surface area contributed by atoms with Gasteiger partial charge in [-0.1, -0.05) is 11.8 Å². The molecule has 0 unspecified atom stereocenters. The molecule has 0 atom stereocenters. The van der Waals surface area contributed by atoms with Gasteiger partial charge in [0.2, 0.25) is 0 Å². The molecule has 0 aliphatic rings. The summed E-state index contributed by atoms with van der Waals surface area (Å²) in [7, 11) is 1.48. The Kier molecular flexibility index (Phi) is 5.34. The summed E-state index contributed by atoms with van der Waals surface area (Å²) >= 11 is 0. The molecule has 0 radical (unpaired) electrons. The molecule has 4 heteroatoms. The standard InChI is InChI=1S/C12H13FO3/c1-15-9-16-12-8-11(13)6-5-10(12)4-2-3-7-14/h5-6,8,14H,3,7,9H2,1H3. The van der Waals surface area contributed by atoms with Crippen LogP contribution in [0.1, 0.15) is 12.0 Å². The first-order valence-electron chi connectivity index (χ1n) is 4.79. The van der Waals surface area contributed by atoms with E-state index in [1.165, 1.54) is 25.3 Å². The Bertz CT molecular complexity index is 393. The molecule has 0 saturated carbocycles. The minimum Gasteiger partial charge on any atom is -0.466 e. The van der Waals surface area contributed by atoms with E-state index < -0.39 is 0 Å². The highest BCUT2D eigenvalue weighted by molar-refractivity contribution is 5.46. The van der Waals surface area contributed by atoms with E-state index in [0.29, 0.717) is 17.7 Å². The fourth-order valence-corrected chi connectivity index (χ4v) is 1.05. The minimum absolute atomic E-state index is 0.00244. The summed E-state index contributed by atoms with van der Waals surface area (Å²) in [6.45, 7) is 0.0423. The van der Waals surface area contributed by atoms with Crippen molar-refractivity contribution in [3.63, 3.8) is 0 Å². The van der Waals surface area contributed by atoms with Gasteiger partial charge in [0, 0.05) is 19.6 Å². The summed E-state index contributed by atoms with van der Waals surface area (Å²) < 4.78 is 22.9. The molecule has 1 aromatic carbocycles. The molecule has 1 rings (SSSR count). The van der Waals surface area contributed by atoms with Crippen LogP contribution in [0.15, 0.2) is 18.2 Å². The van der Waals surface area contributed by atoms with Crippen LogP contribution in [0.5, 0.6) is 5.75 Å². The van der Waals surface area contributed by atoms with Crippen LogP contribution < -0.4 is 4.74 Å². The van der Waals surface area contributed by atoms with Gasteiger partial charge in [-0.25, -0.2) is 4.39 Å². The zero-order chi connectivity index (χ0) is 11.8. The van der Waals surface area contributed by atoms with Crippen molar-refractivity contribution in [2.75, 3.05) is 20.5 Å². The summed E-state index contributed by atoms with van der Waals surface area (Å²) in [5.74, 6) is 5.49. The molecule has 0 heterocycles. The van der Waals surface area contributed by atoms with Gasteiger partial charge in [0.1, 0.15) is 11.6 Å². The highest BCUT2D eigenvalue weighted by Crippen LogP contribution is 2.18. The molecule has 0 aromatic heterocycles. The van der Waals surface area contributed by atoms with Crippen molar-refractivity contribution in [3.05, 3.63) is 29.6 Å². The van der Waals surface area contributed by atoms with E-state index in [1.54, 1.807) is 0 Å². The number of hydrogen-bond donors (Lipinski definition) is 1. The summed E-state index contributed by atoms with van der Waals surface area (Å²) in [5, 5.41) is 8.59. The lowest BCUT2D eigenvalue weighted by molar-refractivity contribution is 0.0507. The van der Waals surface area contributed by atoms with Crippen LogP contribution in [0.4, 0.5) is 4.39 Å². The third kappa shape index (κ3) is 3.89. The molecule has 0 aliphatic heterocycles. The fraction of sp³-hybridized carbons (Fsp3) is 0.333. The molecule has 0 amide bonds. The molecular weight excluding hydrogens is 211 g/mol. The molecule has 16 heavy (non-hydrogen) atoms. The Morgan fingerprint density at radius 3 is 2.94 bits per heavy atom. The normalized spacial score (nSPS) is 9.44. The topological polar surface area (TPSA) is 38.7 Å². The van der Waals surface area contributed by atoms with Gasteiger partial charge in [-0.05, 0) is 12.1 Å². The number of rotatable bonds is 4. The largest absolute Gasteiger partial charge is 0.466 e. The quantitative estimate of drug-likeness (QED) is 0.623. The van der Waals surface area contributed by atoms with Gasteiger partial charge >= 0.3 is 0 Å². The smallest absolute Gasteiger partial charge is 0.188 e. The third-order valence-electron chi connectivity index (χ3n) is 1.74. The second-order valence-corrected chi connectivity index (χ2v) is 2.97. The highest BCUT2D eigenvalue weighted by atomic mass is 19.1. The lowest BCUT2D eigenvalue weighted by Gasteiger charge is -2.06. The number of aliphatic hydroxyl groups excluding tert-OH is 1. The van der Waals surface area contributed by atoms with Gasteiger partial charge in [0.25, 0.3) is 0 Å². The summed E-state index contributed by atoms with van der Waals surface area (Å²) in [6.07, 6.45) is 0.376. The van der Waals surface area contributed by atoms with Crippen LogP contribution in [0.2, 0.25) is 0 Å². The second kappa shape index (κ2) is 6.83. The van der Waals surface area contributed by atoms with E-state index in [9.17, 15) is 4.39 Å². The lowest BCUT2D eigenvalue weighted by atomic mass is 10.2. The van der Waals surface area contributed by atoms with Crippen LogP contribution in [-0.4, -0.2) is 25.6 Å². The van der Waals surface area contributed by atoms with E-state index in [-0.39, 0.29) is 19.2 Å². The molecule has 0 spiro atoms. The first-order chi connectivity index (χ1) is 7.77. The number of hydrogen-bond acceptors (Lipinski definition) is 3. The van der Waals surface area contributed by atoms with Crippen LogP contribution in [0.3, 0.4) is 0 Å². The number of benzene rings is 1. The first-order valence-corrected chi connectivity index (χ1v) is 4.79. The van der Waals surface area contributed by atoms with Gasteiger partial charge in [0.15, 0.2) is 6.79 Å². The molecule has 0 fully saturated rings. The van der Waals surface area contributed by atoms with E-state index in [0.717, 1.165) is 0 Å². The van der Waals surface area contributed by atoms with Crippen molar-refractivity contribution in [2.45, 2.75) is 6.42 Å². The van der Waals surface area contributed by atoms with Crippen molar-refractivity contribution < 1.29 is 19.0 Å². The average Bonchev–Trinajstić information content (AvgIpc) is 2.29. The fourth-order valence-electron chi connectivity index (χ4n) is 1.05. The number of aliphatic hydroxyl groups is 1. The van der Waals surface area contributed by atoms with Crippen molar-refractivity contribution >= 4 is 0 Å². The monoisotopic (exact) mass is 224 g/mol. The Balaban J connectivity index is 2.85. The number of methoxy groups -OCH3 is 1. The number of ether oxygens (including phenoxy) is 2. The van der Waals surface area contributed by atoms with Gasteiger partial charge in [-0.2, -0.15) is 0 Å². The van der Waals surface area contributed by atoms with E-state index in [2.05, 4.69) is 11.8 Å². The van der Waals surface area contributed by atoms with E-state index in [4.69, 9.17) is 14.6 Å². The van der Waals surface area contributed by atoms with Gasteiger partial charge in [-0.3, -0.25) is 0 Å². The SMILES string of the molecule is COCOc1cc(F)ccc1C#CCCO. The summed E-state index contributed by atoms with van der Waals surface area (Å²) in [4.78, 5) is 0. The Labute approximate surface area is 93.8 Å². The zero-order valence-corrected chi connectivity index (χ0v) is 9.00. The average molecular weight is 224 g/mol. The lowest BCUT2D eigenvalue weighted by Crippen LogP contribution is -2.01. The first kappa shape index (κ1) is 12.5. The van der Waals surface area contributed by atoms with Crippen molar-refractivity contribution in [1.29, 1.82) is 0 Å². The van der Waals surface area contributed by atoms with Crippen LogP contribution >= 0.6 is 0 Å². The predicted octanol–water partition coefficient (Wildman–Crippen LogP) is 1.54. The van der Waals surface area contributed by atoms with Crippen molar-refractivity contribution in [2.24, 2.45) is 0 Å². The highest BCUT2D eigenvalue weighted by Gasteiger charge is 2.02. The molecule has 86 valence electrons. The van der Waals surface area contributed by atoms with Gasteiger partial charge in [0.05, 0.1) is 12.2 Å². The molecule has 1 N–H and O–H groups in total. The van der Waals surface area contributed by atoms with E-state index in [1.807, 2.05) is 0 Å². The van der Waals surface area contributed by atoms with Crippen LogP contribution in [-0.2, 0) is 4.74 Å². The predicted molar refractivity (Wildman–Crippen MR) is 57.5 cm³/mol. The molecule has 1 aromatic rings. The maximum Gasteiger partial charge on any atom is 0.188 e. The third-order valence-corrected chi connectivity index (χ3v) is 1.74. The molecular formula is C12H13FO3. The maximum absolute atomic E-state index is 13.0. The summed E-state index contributed by atoms with van der Waals surface area (Å²) in [6, 6.07) is 4.09. The summed E-state index contributed by atoms with van der Waals surface area (Å²) in [5.41, 5.74) is 0.576. The Morgan fingerprint density at radius 1 is 1.44 bits per heavy atom. The number of halogens is 1. The van der Waals surface area contributed by atoms with Gasteiger partial charge < -0.3 is 14.6 Å². The van der Waals surface area contributed by atoms with E-state index >= 15 is 0 Å². The second-order valence-electron chi connectivity index (χ2n) is 2.97.